The van der Waals surface area contributed by atoms with E-state index in [-0.39, 0.29) is 18.0 Å². The fraction of sp³-hybridized carbons (Fsp3) is 0.125. The fourth-order valence-corrected chi connectivity index (χ4v) is 6.00. The summed E-state index contributed by atoms with van der Waals surface area (Å²) in [6.07, 6.45) is 6.33. The normalized spacial score (nSPS) is 13.0. The highest BCUT2D eigenvalue weighted by atomic mass is 79.9. The molecule has 4 heterocycles. The third-order valence-electron chi connectivity index (χ3n) is 7.65. The highest BCUT2D eigenvalue weighted by Crippen LogP contribution is 2.28. The molecule has 10 heteroatoms. The Balaban J connectivity index is 1.35. The molecule has 0 bridgehead atoms. The molecule has 0 spiro atoms. The Bertz CT molecular complexity index is 2000. The van der Waals surface area contributed by atoms with Crippen LogP contribution in [0.3, 0.4) is 0 Å². The summed E-state index contributed by atoms with van der Waals surface area (Å²) in [7, 11) is 0. The zero-order valence-electron chi connectivity index (χ0n) is 22.3. The van der Waals surface area contributed by atoms with Crippen molar-refractivity contribution in [3.05, 3.63) is 139 Å². The van der Waals surface area contributed by atoms with Gasteiger partial charge in [-0.05, 0) is 70.4 Å². The minimum atomic E-state index is -0.141. The summed E-state index contributed by atoms with van der Waals surface area (Å²) in [5.41, 5.74) is 6.15. The van der Waals surface area contributed by atoms with Crippen molar-refractivity contribution in [1.29, 1.82) is 0 Å². The minimum absolute atomic E-state index is 0.100. The van der Waals surface area contributed by atoms with Crippen LogP contribution in [0.1, 0.15) is 32.7 Å². The molecule has 42 heavy (non-hydrogen) atoms. The van der Waals surface area contributed by atoms with E-state index >= 15 is 0 Å². The molecule has 1 aliphatic heterocycles. The van der Waals surface area contributed by atoms with Gasteiger partial charge in [-0.3, -0.25) is 14.2 Å². The maximum absolute atomic E-state index is 14.3. The molecule has 6 aromatic rings. The zero-order valence-corrected chi connectivity index (χ0v) is 24.6. The summed E-state index contributed by atoms with van der Waals surface area (Å²) >= 11 is 9.67. The number of carbonyl (C=O) groups excluding carboxylic acids is 1. The van der Waals surface area contributed by atoms with Crippen LogP contribution in [0.25, 0.3) is 22.7 Å². The van der Waals surface area contributed by atoms with Crippen molar-refractivity contribution in [2.24, 2.45) is 0 Å². The largest absolute Gasteiger partial charge is 0.345 e. The van der Waals surface area contributed by atoms with Gasteiger partial charge in [-0.1, -0.05) is 41.9 Å². The number of rotatable bonds is 5. The van der Waals surface area contributed by atoms with Crippen LogP contribution in [-0.2, 0) is 19.4 Å². The molecule has 1 N–H and O–H groups in total. The number of benzene rings is 3. The number of nitrogens with zero attached hydrogens (tertiary/aromatic N) is 5. The molecule has 1 aliphatic rings. The van der Waals surface area contributed by atoms with E-state index in [4.69, 9.17) is 16.7 Å². The molecular weight excluding hydrogens is 616 g/mol. The van der Waals surface area contributed by atoms with Crippen LogP contribution in [0.2, 0.25) is 5.02 Å². The van der Waals surface area contributed by atoms with Crippen LogP contribution in [-0.4, -0.2) is 41.5 Å². The van der Waals surface area contributed by atoms with Gasteiger partial charge >= 0.3 is 0 Å². The second kappa shape index (κ2) is 10.7. The average Bonchev–Trinajstić information content (AvgIpc) is 3.70. The number of carbonyl (C=O) groups is 1. The molecule has 3 aromatic carbocycles. The molecule has 0 fully saturated rings. The number of halogens is 2. The number of hydrogen-bond donors (Lipinski definition) is 1. The number of fused-ring (bicyclic) bond motifs is 3. The van der Waals surface area contributed by atoms with Gasteiger partial charge in [-0.25, -0.2) is 9.50 Å². The summed E-state index contributed by atoms with van der Waals surface area (Å²) in [6, 6.07) is 23.1. The first-order chi connectivity index (χ1) is 20.5. The zero-order chi connectivity index (χ0) is 28.8. The molecule has 208 valence electrons. The lowest BCUT2D eigenvalue weighted by Gasteiger charge is -2.30. The molecule has 0 saturated heterocycles. The minimum Gasteiger partial charge on any atom is -0.345 e. The average molecular weight is 640 g/mol. The number of hydrogen-bond acceptors (Lipinski definition) is 4. The van der Waals surface area contributed by atoms with Crippen molar-refractivity contribution in [3.63, 3.8) is 0 Å². The van der Waals surface area contributed by atoms with Crippen molar-refractivity contribution in [2.75, 3.05) is 6.54 Å². The summed E-state index contributed by atoms with van der Waals surface area (Å²) in [5.74, 6) is 0.619. The van der Waals surface area contributed by atoms with E-state index in [1.165, 1.54) is 0 Å². The van der Waals surface area contributed by atoms with E-state index < -0.39 is 0 Å². The number of imidazole rings is 1. The smallest absolute Gasteiger partial charge is 0.261 e. The summed E-state index contributed by atoms with van der Waals surface area (Å²) in [6.45, 7) is 0.675. The number of nitrogens with one attached hydrogen (secondary N) is 1. The molecule has 0 atom stereocenters. The lowest BCUT2D eigenvalue weighted by molar-refractivity contribution is 0.0729. The Labute approximate surface area is 254 Å². The lowest BCUT2D eigenvalue weighted by atomic mass is 10.0. The monoisotopic (exact) mass is 638 g/mol. The van der Waals surface area contributed by atoms with Crippen molar-refractivity contribution < 1.29 is 4.79 Å². The van der Waals surface area contributed by atoms with Gasteiger partial charge in [0.1, 0.15) is 11.5 Å². The third kappa shape index (κ3) is 4.64. The summed E-state index contributed by atoms with van der Waals surface area (Å²) in [5, 5.41) is 5.25. The highest BCUT2D eigenvalue weighted by Gasteiger charge is 2.29. The molecule has 0 saturated carbocycles. The van der Waals surface area contributed by atoms with Gasteiger partial charge in [0.25, 0.3) is 11.5 Å². The van der Waals surface area contributed by atoms with Gasteiger partial charge in [0.05, 0.1) is 29.1 Å². The molecule has 0 radical (unpaired) electrons. The fourth-order valence-electron chi connectivity index (χ4n) is 5.57. The van der Waals surface area contributed by atoms with Gasteiger partial charge in [0.2, 0.25) is 0 Å². The van der Waals surface area contributed by atoms with Crippen LogP contribution >= 0.6 is 27.5 Å². The van der Waals surface area contributed by atoms with Crippen molar-refractivity contribution >= 4 is 39.1 Å². The standard InChI is InChI=1S/C32H24BrClN6O2/c33-26-11-8-22(17-27(26)34)31(41)38-15-12-25-28(19-38)40-30(23(18-37-40)16-20-4-2-1-3-5-20)39(32(25)42)24-9-6-21(7-10-24)29-35-13-14-36-29/h1-11,13-14,17-18H,12,15-16,19H2,(H,35,36). The van der Waals surface area contributed by atoms with Crippen LogP contribution in [0.5, 0.6) is 0 Å². The molecule has 7 rings (SSSR count). The molecule has 8 nitrogen and oxygen atoms in total. The number of amides is 1. The van der Waals surface area contributed by atoms with Gasteiger partial charge < -0.3 is 9.88 Å². The van der Waals surface area contributed by atoms with Crippen LogP contribution < -0.4 is 5.56 Å². The van der Waals surface area contributed by atoms with E-state index in [2.05, 4.69) is 38.0 Å². The number of aromatic nitrogens is 5. The maximum atomic E-state index is 14.3. The van der Waals surface area contributed by atoms with Crippen LogP contribution in [0.15, 0.2) is 101 Å². The molecule has 0 aliphatic carbocycles. The Morgan fingerprint density at radius 3 is 2.60 bits per heavy atom. The highest BCUT2D eigenvalue weighted by molar-refractivity contribution is 9.10. The van der Waals surface area contributed by atoms with Gasteiger partial charge in [-0.15, -0.1) is 0 Å². The lowest BCUT2D eigenvalue weighted by Crippen LogP contribution is -2.41. The number of H-pyrrole nitrogens is 1. The Hall–Kier alpha value is -4.47. The van der Waals surface area contributed by atoms with E-state index in [0.717, 1.165) is 38.4 Å². The molecule has 3 aromatic heterocycles. The first kappa shape index (κ1) is 26.4. The van der Waals surface area contributed by atoms with E-state index in [0.29, 0.717) is 41.2 Å². The second-order valence-corrected chi connectivity index (χ2v) is 11.5. The topological polar surface area (TPSA) is 88.3 Å². The van der Waals surface area contributed by atoms with Gasteiger partial charge in [0, 0.05) is 52.1 Å². The maximum Gasteiger partial charge on any atom is 0.261 e. The Kier molecular flexibility index (Phi) is 6.76. The molecule has 0 unspecified atom stereocenters. The molecular formula is C32H24BrClN6O2. The van der Waals surface area contributed by atoms with Crippen molar-refractivity contribution in [1.82, 2.24) is 29.0 Å². The summed E-state index contributed by atoms with van der Waals surface area (Å²) in [4.78, 5) is 37.0. The van der Waals surface area contributed by atoms with E-state index in [9.17, 15) is 9.59 Å². The quantitative estimate of drug-likeness (QED) is 0.248. The van der Waals surface area contributed by atoms with Crippen LogP contribution in [0, 0.1) is 0 Å². The predicted molar refractivity (Wildman–Crippen MR) is 165 cm³/mol. The van der Waals surface area contributed by atoms with Crippen molar-refractivity contribution in [2.45, 2.75) is 19.4 Å². The van der Waals surface area contributed by atoms with E-state index in [1.807, 2.05) is 53.2 Å². The summed E-state index contributed by atoms with van der Waals surface area (Å²) < 4.78 is 4.32. The Morgan fingerprint density at radius 1 is 1.05 bits per heavy atom. The van der Waals surface area contributed by atoms with Gasteiger partial charge in [-0.2, -0.15) is 5.10 Å². The predicted octanol–water partition coefficient (Wildman–Crippen LogP) is 6.08. The van der Waals surface area contributed by atoms with Crippen LogP contribution in [0.4, 0.5) is 0 Å². The first-order valence-corrected chi connectivity index (χ1v) is 14.7. The van der Waals surface area contributed by atoms with Crippen molar-refractivity contribution in [3.8, 4) is 17.1 Å². The molecule has 1 amide bonds. The second-order valence-electron chi connectivity index (χ2n) is 10.2. The first-order valence-electron chi connectivity index (χ1n) is 13.5. The number of aromatic amines is 1. The SMILES string of the molecule is O=C(c1ccc(Br)c(Cl)c1)N1CCc2c(n3ncc(Cc4ccccc4)c3n(-c3ccc(-c4ncc[nH]4)cc3)c2=O)C1. The third-order valence-corrected chi connectivity index (χ3v) is 8.89. The van der Waals surface area contributed by atoms with Gasteiger partial charge in [0.15, 0.2) is 0 Å². The Morgan fingerprint density at radius 2 is 1.86 bits per heavy atom. The van der Waals surface area contributed by atoms with E-state index in [1.54, 1.807) is 40.1 Å².